The number of aromatic amines is 2. The Morgan fingerprint density at radius 3 is 2.53 bits per heavy atom. The lowest BCUT2D eigenvalue weighted by molar-refractivity contribution is 0.669. The number of para-hydroxylation sites is 1. The zero-order valence-corrected chi connectivity index (χ0v) is 9.60. The second-order valence-corrected chi connectivity index (χ2v) is 4.48. The molecule has 4 rings (SSSR count). The summed E-state index contributed by atoms with van der Waals surface area (Å²) >= 11 is 5.08. The molecule has 2 N–H and O–H groups in total. The minimum absolute atomic E-state index is 0.636. The molecule has 2 aromatic carbocycles. The smallest absolute Gasteiger partial charge is 0.175 e. The summed E-state index contributed by atoms with van der Waals surface area (Å²) in [7, 11) is 0. The fourth-order valence-corrected chi connectivity index (χ4v) is 2.47. The van der Waals surface area contributed by atoms with Gasteiger partial charge < -0.3 is 14.4 Å². The average molecular weight is 240 g/mol. The molecule has 82 valence electrons. The number of furan rings is 1. The van der Waals surface area contributed by atoms with E-state index in [-0.39, 0.29) is 0 Å². The average Bonchev–Trinajstić information content (AvgIpc) is 2.84. The van der Waals surface area contributed by atoms with E-state index < -0.39 is 0 Å². The van der Waals surface area contributed by atoms with Gasteiger partial charge in [-0.15, -0.1) is 0 Å². The number of nitrogens with one attached hydrogen (secondary N) is 2. The number of aromatic nitrogens is 2. The Hall–Kier alpha value is -2.07. The Morgan fingerprint density at radius 1 is 0.882 bits per heavy atom. The quantitative estimate of drug-likeness (QED) is 0.454. The molecule has 2 aromatic heterocycles. The predicted molar refractivity (Wildman–Crippen MR) is 70.8 cm³/mol. The molecule has 3 nitrogen and oxygen atoms in total. The van der Waals surface area contributed by atoms with Gasteiger partial charge in [0.05, 0.1) is 11.0 Å². The van der Waals surface area contributed by atoms with Crippen LogP contribution in [0.2, 0.25) is 0 Å². The van der Waals surface area contributed by atoms with Crippen LogP contribution in [0, 0.1) is 4.77 Å². The summed E-state index contributed by atoms with van der Waals surface area (Å²) in [5.41, 5.74) is 3.77. The van der Waals surface area contributed by atoms with Crippen molar-refractivity contribution in [2.45, 2.75) is 0 Å². The minimum atomic E-state index is 0.636. The van der Waals surface area contributed by atoms with E-state index in [4.69, 9.17) is 16.6 Å². The normalized spacial score (nSPS) is 11.8. The monoisotopic (exact) mass is 240 g/mol. The first-order chi connectivity index (χ1) is 8.31. The Morgan fingerprint density at radius 2 is 1.65 bits per heavy atom. The van der Waals surface area contributed by atoms with E-state index >= 15 is 0 Å². The molecule has 0 fully saturated rings. The lowest BCUT2D eigenvalue weighted by Gasteiger charge is -1.90. The van der Waals surface area contributed by atoms with E-state index in [0.717, 1.165) is 33.0 Å². The number of hydrogen-bond acceptors (Lipinski definition) is 2. The molecule has 0 saturated carbocycles. The van der Waals surface area contributed by atoms with Gasteiger partial charge in [0.2, 0.25) is 0 Å². The number of rotatable bonds is 0. The van der Waals surface area contributed by atoms with Gasteiger partial charge in [-0.1, -0.05) is 18.2 Å². The van der Waals surface area contributed by atoms with Crippen molar-refractivity contribution in [1.29, 1.82) is 0 Å². The zero-order chi connectivity index (χ0) is 11.4. The van der Waals surface area contributed by atoms with Gasteiger partial charge in [-0.2, -0.15) is 0 Å². The molecule has 4 heteroatoms. The maximum absolute atomic E-state index is 5.80. The van der Waals surface area contributed by atoms with Crippen molar-refractivity contribution in [1.82, 2.24) is 9.97 Å². The standard InChI is InChI=1S/C13H8N2OS/c17-13-14-9-5-8-7-3-1-2-4-11(7)16-12(8)6-10(9)15-13/h1-6H,(H2,14,15,17). The van der Waals surface area contributed by atoms with Crippen LogP contribution in [0.4, 0.5) is 0 Å². The molecule has 0 saturated heterocycles. The summed E-state index contributed by atoms with van der Waals surface area (Å²) in [5, 5.41) is 2.24. The van der Waals surface area contributed by atoms with Gasteiger partial charge in [-0.3, -0.25) is 0 Å². The second kappa shape index (κ2) is 2.99. The number of H-pyrrole nitrogens is 2. The van der Waals surface area contributed by atoms with Crippen LogP contribution in [0.5, 0.6) is 0 Å². The van der Waals surface area contributed by atoms with Crippen molar-refractivity contribution in [3.63, 3.8) is 0 Å². The number of benzene rings is 2. The molecule has 0 amide bonds. The lowest BCUT2D eigenvalue weighted by atomic mass is 10.1. The van der Waals surface area contributed by atoms with Crippen molar-refractivity contribution in [2.24, 2.45) is 0 Å². The number of imidazole rings is 1. The molecule has 0 bridgehead atoms. The zero-order valence-electron chi connectivity index (χ0n) is 8.78. The largest absolute Gasteiger partial charge is 0.456 e. The van der Waals surface area contributed by atoms with Gasteiger partial charge in [0.1, 0.15) is 11.2 Å². The van der Waals surface area contributed by atoms with E-state index in [1.165, 1.54) is 0 Å². The van der Waals surface area contributed by atoms with E-state index in [9.17, 15) is 0 Å². The summed E-state index contributed by atoms with van der Waals surface area (Å²) < 4.78 is 6.44. The molecular weight excluding hydrogens is 232 g/mol. The third kappa shape index (κ3) is 1.18. The van der Waals surface area contributed by atoms with Gasteiger partial charge in [-0.05, 0) is 24.4 Å². The Kier molecular flexibility index (Phi) is 1.58. The van der Waals surface area contributed by atoms with Crippen LogP contribution in [0.1, 0.15) is 0 Å². The fourth-order valence-electron chi connectivity index (χ4n) is 2.25. The highest BCUT2D eigenvalue weighted by molar-refractivity contribution is 7.71. The highest BCUT2D eigenvalue weighted by Crippen LogP contribution is 2.30. The van der Waals surface area contributed by atoms with Crippen LogP contribution >= 0.6 is 12.2 Å². The second-order valence-electron chi connectivity index (χ2n) is 4.07. The third-order valence-corrected chi connectivity index (χ3v) is 3.22. The molecule has 0 unspecified atom stereocenters. The van der Waals surface area contributed by atoms with Gasteiger partial charge in [-0.25, -0.2) is 0 Å². The van der Waals surface area contributed by atoms with Crippen LogP contribution < -0.4 is 0 Å². The van der Waals surface area contributed by atoms with Gasteiger partial charge in [0.15, 0.2) is 4.77 Å². The fraction of sp³-hybridized carbons (Fsp3) is 0. The molecular formula is C13H8N2OS. The first-order valence-corrected chi connectivity index (χ1v) is 5.75. The van der Waals surface area contributed by atoms with Gasteiger partial charge in [0, 0.05) is 16.8 Å². The minimum Gasteiger partial charge on any atom is -0.456 e. The van der Waals surface area contributed by atoms with Crippen LogP contribution in [0.15, 0.2) is 40.8 Å². The van der Waals surface area contributed by atoms with Crippen LogP contribution in [-0.2, 0) is 0 Å². The van der Waals surface area contributed by atoms with Crippen molar-refractivity contribution < 1.29 is 4.42 Å². The summed E-state index contributed by atoms with van der Waals surface area (Å²) in [6.07, 6.45) is 0. The van der Waals surface area contributed by atoms with Crippen LogP contribution in [-0.4, -0.2) is 9.97 Å². The maximum atomic E-state index is 5.80. The molecule has 0 aliphatic carbocycles. The molecule has 0 spiro atoms. The van der Waals surface area contributed by atoms with Crippen LogP contribution in [0.3, 0.4) is 0 Å². The third-order valence-electron chi connectivity index (χ3n) is 3.01. The first-order valence-electron chi connectivity index (χ1n) is 5.34. The van der Waals surface area contributed by atoms with E-state index in [1.807, 2.05) is 24.3 Å². The summed E-state index contributed by atoms with van der Waals surface area (Å²) in [6, 6.07) is 12.1. The molecule has 0 aliphatic heterocycles. The summed E-state index contributed by atoms with van der Waals surface area (Å²) in [4.78, 5) is 6.22. The molecule has 2 heterocycles. The predicted octanol–water partition coefficient (Wildman–Crippen LogP) is 4.12. The molecule has 0 atom stereocenters. The highest BCUT2D eigenvalue weighted by Gasteiger charge is 2.08. The Balaban J connectivity index is 2.30. The molecule has 0 radical (unpaired) electrons. The Labute approximate surface area is 101 Å². The first kappa shape index (κ1) is 9.01. The van der Waals surface area contributed by atoms with Gasteiger partial charge >= 0.3 is 0 Å². The number of fused-ring (bicyclic) bond motifs is 4. The van der Waals surface area contributed by atoms with Crippen LogP contribution in [0.25, 0.3) is 33.0 Å². The summed E-state index contributed by atoms with van der Waals surface area (Å²) in [6.45, 7) is 0. The molecule has 0 aliphatic rings. The van der Waals surface area contributed by atoms with Gasteiger partial charge in [0.25, 0.3) is 0 Å². The van der Waals surface area contributed by atoms with Crippen molar-refractivity contribution in [3.05, 3.63) is 41.2 Å². The topological polar surface area (TPSA) is 44.7 Å². The number of hydrogen-bond donors (Lipinski definition) is 2. The van der Waals surface area contributed by atoms with E-state index in [1.54, 1.807) is 0 Å². The summed E-state index contributed by atoms with van der Waals surface area (Å²) in [5.74, 6) is 0. The lowest BCUT2D eigenvalue weighted by Crippen LogP contribution is -1.69. The highest BCUT2D eigenvalue weighted by atomic mass is 32.1. The molecule has 17 heavy (non-hydrogen) atoms. The van der Waals surface area contributed by atoms with Crippen molar-refractivity contribution in [2.75, 3.05) is 0 Å². The Bertz CT molecular complexity index is 913. The van der Waals surface area contributed by atoms with E-state index in [2.05, 4.69) is 22.1 Å². The van der Waals surface area contributed by atoms with Crippen molar-refractivity contribution in [3.8, 4) is 0 Å². The molecule has 4 aromatic rings. The SMILES string of the molecule is S=c1[nH]c2cc3oc4ccccc4c3cc2[nH]1. The maximum Gasteiger partial charge on any atom is 0.175 e. The van der Waals surface area contributed by atoms with Crippen molar-refractivity contribution >= 4 is 45.2 Å². The van der Waals surface area contributed by atoms with E-state index in [0.29, 0.717) is 4.77 Å².